The van der Waals surface area contributed by atoms with Crippen molar-refractivity contribution in [2.45, 2.75) is 43.3 Å². The van der Waals surface area contributed by atoms with Crippen LogP contribution in [0, 0.1) is 40.5 Å². The van der Waals surface area contributed by atoms with Gasteiger partial charge in [-0.1, -0.05) is 8.78 Å². The minimum absolute atomic E-state index is 0.816. The van der Waals surface area contributed by atoms with E-state index in [4.69, 9.17) is 10.2 Å². The van der Waals surface area contributed by atoms with Crippen LogP contribution in [0.15, 0.2) is 0 Å². The van der Waals surface area contributed by atoms with Crippen molar-refractivity contribution in [1.82, 2.24) is 0 Å². The summed E-state index contributed by atoms with van der Waals surface area (Å²) in [7, 11) is 0. The molecule has 0 spiro atoms. The van der Waals surface area contributed by atoms with E-state index < -0.39 is 63.0 Å². The first-order valence-electron chi connectivity index (χ1n) is 5.64. The van der Waals surface area contributed by atoms with Crippen molar-refractivity contribution in [1.29, 1.82) is 0 Å². The molecule has 0 saturated carbocycles. The molecule has 0 aliphatic rings. The quantitative estimate of drug-likeness (QED) is 0.217. The van der Waals surface area contributed by atoms with Gasteiger partial charge in [-0.2, -0.15) is 0 Å². The average Bonchev–Trinajstić information content (AvgIpc) is 2.43. The van der Waals surface area contributed by atoms with Crippen molar-refractivity contribution in [2.24, 2.45) is 0 Å². The first kappa shape index (κ1) is 20.4. The lowest BCUT2D eigenvalue weighted by molar-refractivity contribution is -0.841. The Morgan fingerprint density at radius 3 is 1.13 bits per heavy atom. The van der Waals surface area contributed by atoms with Crippen molar-refractivity contribution in [3.63, 3.8) is 0 Å². The monoisotopic (exact) mass is 348 g/mol. The van der Waals surface area contributed by atoms with Crippen molar-refractivity contribution >= 4 is 0 Å². The normalized spacial score (nSPS) is 14.8. The maximum absolute atomic E-state index is 13.4. The summed E-state index contributed by atoms with van der Waals surface area (Å²) in [5, 5.41) is 59.4. The molecule has 2 N–H and O–H groups in total. The van der Waals surface area contributed by atoms with Crippen LogP contribution in [-0.2, 0) is 0 Å². The van der Waals surface area contributed by atoms with Crippen molar-refractivity contribution < 1.29 is 38.7 Å². The van der Waals surface area contributed by atoms with Crippen molar-refractivity contribution in [2.75, 3.05) is 0 Å². The lowest BCUT2D eigenvalue weighted by atomic mass is 10.0. The molecule has 0 aromatic rings. The highest BCUT2D eigenvalue weighted by Crippen LogP contribution is 2.26. The second kappa shape index (κ2) is 7.09. The van der Waals surface area contributed by atoms with E-state index in [9.17, 15) is 49.2 Å². The third-order valence-electron chi connectivity index (χ3n) is 2.83. The van der Waals surface area contributed by atoms with E-state index in [2.05, 4.69) is 0 Å². The average molecular weight is 348 g/mol. The molecule has 0 radical (unpaired) electrons. The number of hydrogen-bond acceptors (Lipinski definition) is 10. The van der Waals surface area contributed by atoms with Gasteiger partial charge in [-0.15, -0.1) is 0 Å². The van der Waals surface area contributed by atoms with Gasteiger partial charge in [0.1, 0.15) is 19.7 Å². The predicted octanol–water partition coefficient (Wildman–Crippen LogP) is -0.768. The van der Waals surface area contributed by atoms with Gasteiger partial charge in [0.05, 0.1) is 0 Å². The van der Waals surface area contributed by atoms with Crippen LogP contribution >= 0.6 is 0 Å². The molecule has 0 bridgehead atoms. The smallest absolute Gasteiger partial charge is 0.376 e. The molecule has 23 heavy (non-hydrogen) atoms. The summed E-state index contributed by atoms with van der Waals surface area (Å²) in [6, 6.07) is 0. The SMILES string of the molecule is O=[N+]([O-])C(F)([C@H](O)CCC[C@H](O)C(F)([N+](=O)[O-])[N+](=O)[O-])[N+](=O)[O-]. The molecular formula is C7H10F2N4O10. The number of alkyl halides is 2. The molecule has 0 fully saturated rings. The first-order chi connectivity index (χ1) is 10.3. The summed E-state index contributed by atoms with van der Waals surface area (Å²) in [4.78, 5) is 33.0. The zero-order valence-electron chi connectivity index (χ0n) is 11.0. The summed E-state index contributed by atoms with van der Waals surface area (Å²) >= 11 is 0. The van der Waals surface area contributed by atoms with E-state index >= 15 is 0 Å². The fraction of sp³-hybridized carbons (Fsp3) is 1.00. The van der Waals surface area contributed by atoms with Crippen molar-refractivity contribution in [3.8, 4) is 0 Å². The summed E-state index contributed by atoms with van der Waals surface area (Å²) in [6.07, 6.45) is -8.68. The number of nitro groups is 4. The number of hydrogen-bond donors (Lipinski definition) is 2. The van der Waals surface area contributed by atoms with Gasteiger partial charge in [-0.05, 0) is 19.3 Å². The van der Waals surface area contributed by atoms with Crippen molar-refractivity contribution in [3.05, 3.63) is 40.5 Å². The summed E-state index contributed by atoms with van der Waals surface area (Å²) < 4.78 is 26.9. The molecule has 16 heteroatoms. The Labute approximate surface area is 123 Å². The first-order valence-corrected chi connectivity index (χ1v) is 5.64. The highest BCUT2D eigenvalue weighted by Gasteiger charge is 2.66. The molecule has 14 nitrogen and oxygen atoms in total. The Hall–Kier alpha value is -2.62. The van der Waals surface area contributed by atoms with E-state index in [1.54, 1.807) is 0 Å². The van der Waals surface area contributed by atoms with Gasteiger partial charge in [-0.25, -0.2) is 0 Å². The Balaban J connectivity index is 4.90. The zero-order valence-corrected chi connectivity index (χ0v) is 11.0. The van der Waals surface area contributed by atoms with Gasteiger partial charge >= 0.3 is 11.8 Å². The fourth-order valence-electron chi connectivity index (χ4n) is 1.49. The van der Waals surface area contributed by atoms with Gasteiger partial charge in [-0.3, -0.25) is 40.5 Å². The molecule has 132 valence electrons. The highest BCUT2D eigenvalue weighted by molar-refractivity contribution is 4.71. The molecule has 0 aromatic carbocycles. The van der Waals surface area contributed by atoms with Crippen LogP contribution in [0.3, 0.4) is 0 Å². The molecule has 0 aliphatic heterocycles. The Kier molecular flexibility index (Phi) is 6.29. The standard InChI is InChI=1S/C7H10F2N4O10/c8-6(10(16)17,11(18)19)4(14)2-1-3-5(15)7(9,12(20)21)13(22)23/h4-5,14-15H,1-3H2/t4-,5+. The van der Waals surface area contributed by atoms with E-state index in [-0.39, 0.29) is 0 Å². The Morgan fingerprint density at radius 2 is 0.957 bits per heavy atom. The van der Waals surface area contributed by atoms with E-state index in [1.165, 1.54) is 0 Å². The van der Waals surface area contributed by atoms with Crippen LogP contribution in [0.25, 0.3) is 0 Å². The number of halogens is 2. The number of aliphatic hydroxyl groups excluding tert-OH is 2. The molecular weight excluding hydrogens is 338 g/mol. The van der Waals surface area contributed by atoms with Gasteiger partial charge in [0, 0.05) is 0 Å². The molecule has 0 rings (SSSR count). The molecule has 0 heterocycles. The molecule has 2 atom stereocenters. The highest BCUT2D eigenvalue weighted by atomic mass is 19.2. The van der Waals surface area contributed by atoms with Crippen LogP contribution in [0.4, 0.5) is 8.78 Å². The van der Waals surface area contributed by atoms with Crippen LogP contribution in [0.1, 0.15) is 19.3 Å². The number of rotatable bonds is 10. The van der Waals surface area contributed by atoms with Gasteiger partial charge in [0.2, 0.25) is 12.2 Å². The molecule has 0 aromatic heterocycles. The molecule has 0 unspecified atom stereocenters. The van der Waals surface area contributed by atoms with Crippen LogP contribution < -0.4 is 0 Å². The van der Waals surface area contributed by atoms with Crippen LogP contribution in [0.5, 0.6) is 0 Å². The lowest BCUT2D eigenvalue weighted by Gasteiger charge is -2.16. The largest absolute Gasteiger partial charge is 0.640 e. The topological polar surface area (TPSA) is 213 Å². The third-order valence-corrected chi connectivity index (χ3v) is 2.83. The van der Waals surface area contributed by atoms with Gasteiger partial charge in [0.25, 0.3) is 0 Å². The van der Waals surface area contributed by atoms with E-state index in [1.807, 2.05) is 0 Å². The maximum atomic E-state index is 13.4. The maximum Gasteiger partial charge on any atom is 0.640 e. The summed E-state index contributed by atoms with van der Waals surface area (Å²) in [5.74, 6) is -8.96. The fourth-order valence-corrected chi connectivity index (χ4v) is 1.49. The summed E-state index contributed by atoms with van der Waals surface area (Å²) in [6.45, 7) is 0. The minimum Gasteiger partial charge on any atom is -0.376 e. The molecule has 0 saturated heterocycles. The zero-order chi connectivity index (χ0) is 18.6. The minimum atomic E-state index is -4.48. The summed E-state index contributed by atoms with van der Waals surface area (Å²) in [5.41, 5.74) is 0. The van der Waals surface area contributed by atoms with Crippen LogP contribution in [0.2, 0.25) is 0 Å². The predicted molar refractivity (Wildman–Crippen MR) is 61.5 cm³/mol. The van der Waals surface area contributed by atoms with Gasteiger partial charge in [0.15, 0.2) is 0 Å². The van der Waals surface area contributed by atoms with Gasteiger partial charge < -0.3 is 10.2 Å². The Morgan fingerprint density at radius 1 is 0.739 bits per heavy atom. The number of aliphatic hydroxyl groups is 2. The second-order valence-corrected chi connectivity index (χ2v) is 4.26. The Bertz CT molecular complexity index is 443. The molecule has 0 amide bonds. The third kappa shape index (κ3) is 3.77. The molecule has 0 aliphatic carbocycles. The number of nitrogens with zero attached hydrogens (tertiary/aromatic N) is 4. The lowest BCUT2D eigenvalue weighted by Crippen LogP contribution is -2.53. The van der Waals surface area contributed by atoms with E-state index in [0.717, 1.165) is 0 Å². The second-order valence-electron chi connectivity index (χ2n) is 4.26. The van der Waals surface area contributed by atoms with E-state index in [0.29, 0.717) is 0 Å². The van der Waals surface area contributed by atoms with Crippen LogP contribution in [-0.4, -0.2) is 53.9 Å².